The van der Waals surface area contributed by atoms with Crippen molar-refractivity contribution in [1.82, 2.24) is 5.43 Å². The van der Waals surface area contributed by atoms with Gasteiger partial charge in [-0.2, -0.15) is 5.10 Å². The molecule has 0 aliphatic rings. The Bertz CT molecular complexity index is 1780. The molecule has 0 saturated heterocycles. The molecular formula is C33H29N3O4S. The van der Waals surface area contributed by atoms with E-state index in [-0.39, 0.29) is 4.90 Å². The van der Waals surface area contributed by atoms with Gasteiger partial charge in [0.15, 0.2) is 0 Å². The van der Waals surface area contributed by atoms with E-state index in [2.05, 4.69) is 34.8 Å². The van der Waals surface area contributed by atoms with Crippen LogP contribution in [0.3, 0.4) is 0 Å². The first-order valence-corrected chi connectivity index (χ1v) is 14.5. The van der Waals surface area contributed by atoms with Gasteiger partial charge in [0.1, 0.15) is 18.9 Å². The van der Waals surface area contributed by atoms with Gasteiger partial charge in [0.2, 0.25) is 0 Å². The fourth-order valence-electron chi connectivity index (χ4n) is 4.39. The highest BCUT2D eigenvalue weighted by atomic mass is 32.2. The van der Waals surface area contributed by atoms with Gasteiger partial charge in [-0.15, -0.1) is 0 Å². The molecule has 0 heterocycles. The van der Waals surface area contributed by atoms with Gasteiger partial charge in [0.05, 0.1) is 16.8 Å². The molecule has 0 bridgehead atoms. The Hall–Kier alpha value is -4.95. The second-order valence-corrected chi connectivity index (χ2v) is 11.3. The second-order valence-electron chi connectivity index (χ2n) is 9.45. The number of nitrogens with one attached hydrogen (secondary N) is 1. The number of sulfonamides is 1. The van der Waals surface area contributed by atoms with Crippen LogP contribution in [0.4, 0.5) is 5.69 Å². The fraction of sp³-hybridized carbons (Fsp3) is 0.0909. The molecule has 0 unspecified atom stereocenters. The third-order valence-electron chi connectivity index (χ3n) is 6.47. The SMILES string of the molecule is Cc1cccc(N(CC(=O)N/N=C/c2ccc(OCc3cccc4ccccc34)cc2)S(=O)(=O)c2ccccc2)c1. The summed E-state index contributed by atoms with van der Waals surface area (Å²) in [6, 6.07) is 36.7. The van der Waals surface area contributed by atoms with Crippen LogP contribution >= 0.6 is 0 Å². The lowest BCUT2D eigenvalue weighted by molar-refractivity contribution is -0.119. The maximum absolute atomic E-state index is 13.4. The van der Waals surface area contributed by atoms with Crippen LogP contribution in [0.5, 0.6) is 5.75 Å². The molecule has 7 nitrogen and oxygen atoms in total. The average Bonchev–Trinajstić information content (AvgIpc) is 3.00. The summed E-state index contributed by atoms with van der Waals surface area (Å²) in [5.74, 6) is 0.135. The van der Waals surface area contributed by atoms with Crippen molar-refractivity contribution in [3.05, 3.63) is 138 Å². The predicted octanol–water partition coefficient (Wildman–Crippen LogP) is 6.07. The smallest absolute Gasteiger partial charge is 0.264 e. The Labute approximate surface area is 239 Å². The zero-order valence-electron chi connectivity index (χ0n) is 22.5. The molecule has 1 amide bonds. The molecule has 5 rings (SSSR count). The third kappa shape index (κ3) is 6.80. The van der Waals surface area contributed by atoms with Gasteiger partial charge < -0.3 is 4.74 Å². The molecule has 0 saturated carbocycles. The quantitative estimate of drug-likeness (QED) is 0.165. The first-order valence-electron chi connectivity index (χ1n) is 13.1. The van der Waals surface area contributed by atoms with Crippen molar-refractivity contribution in [2.45, 2.75) is 18.4 Å². The Morgan fingerprint density at radius 2 is 1.56 bits per heavy atom. The van der Waals surface area contributed by atoms with Crippen molar-refractivity contribution in [1.29, 1.82) is 0 Å². The van der Waals surface area contributed by atoms with Crippen LogP contribution in [-0.2, 0) is 21.4 Å². The van der Waals surface area contributed by atoms with E-state index in [1.54, 1.807) is 36.4 Å². The number of hydrazone groups is 1. The summed E-state index contributed by atoms with van der Waals surface area (Å²) in [6.45, 7) is 1.87. The molecule has 5 aromatic carbocycles. The molecule has 8 heteroatoms. The lowest BCUT2D eigenvalue weighted by Gasteiger charge is -2.24. The number of carbonyl (C=O) groups excluding carboxylic acids is 1. The number of amides is 1. The van der Waals surface area contributed by atoms with Gasteiger partial charge in [-0.3, -0.25) is 9.10 Å². The van der Waals surface area contributed by atoms with E-state index in [0.717, 1.165) is 26.4 Å². The minimum absolute atomic E-state index is 0.0977. The third-order valence-corrected chi connectivity index (χ3v) is 8.25. The van der Waals surface area contributed by atoms with Gasteiger partial charge in [0.25, 0.3) is 15.9 Å². The highest BCUT2D eigenvalue weighted by Gasteiger charge is 2.27. The van der Waals surface area contributed by atoms with Crippen LogP contribution in [0, 0.1) is 6.92 Å². The molecule has 41 heavy (non-hydrogen) atoms. The van der Waals surface area contributed by atoms with E-state index in [1.807, 2.05) is 55.5 Å². The highest BCUT2D eigenvalue weighted by Crippen LogP contribution is 2.24. The molecule has 0 atom stereocenters. The van der Waals surface area contributed by atoms with E-state index in [9.17, 15) is 13.2 Å². The fourth-order valence-corrected chi connectivity index (χ4v) is 5.83. The summed E-state index contributed by atoms with van der Waals surface area (Å²) in [4.78, 5) is 12.9. The van der Waals surface area contributed by atoms with Gasteiger partial charge in [-0.1, -0.05) is 72.8 Å². The molecule has 0 aliphatic heterocycles. The first-order chi connectivity index (χ1) is 19.9. The summed E-state index contributed by atoms with van der Waals surface area (Å²) in [7, 11) is -3.98. The van der Waals surface area contributed by atoms with E-state index >= 15 is 0 Å². The number of fused-ring (bicyclic) bond motifs is 1. The zero-order chi connectivity index (χ0) is 28.7. The lowest BCUT2D eigenvalue weighted by atomic mass is 10.1. The van der Waals surface area contributed by atoms with Gasteiger partial charge in [-0.25, -0.2) is 13.8 Å². The number of rotatable bonds is 10. The van der Waals surface area contributed by atoms with Crippen LogP contribution in [0.1, 0.15) is 16.7 Å². The highest BCUT2D eigenvalue weighted by molar-refractivity contribution is 7.92. The summed E-state index contributed by atoms with van der Waals surface area (Å²) in [5.41, 5.74) is 5.56. The minimum Gasteiger partial charge on any atom is -0.489 e. The van der Waals surface area contributed by atoms with E-state index < -0.39 is 22.5 Å². The number of hydrogen-bond acceptors (Lipinski definition) is 5. The van der Waals surface area contributed by atoms with E-state index in [1.165, 1.54) is 23.7 Å². The Morgan fingerprint density at radius 1 is 0.854 bits per heavy atom. The van der Waals surface area contributed by atoms with Crippen molar-refractivity contribution in [2.24, 2.45) is 5.10 Å². The van der Waals surface area contributed by atoms with Crippen molar-refractivity contribution in [3.63, 3.8) is 0 Å². The Balaban J connectivity index is 1.22. The Morgan fingerprint density at radius 3 is 2.34 bits per heavy atom. The van der Waals surface area contributed by atoms with Crippen molar-refractivity contribution >= 4 is 38.6 Å². The van der Waals surface area contributed by atoms with Crippen molar-refractivity contribution in [2.75, 3.05) is 10.8 Å². The topological polar surface area (TPSA) is 88.1 Å². The summed E-state index contributed by atoms with van der Waals surface area (Å²) in [6.07, 6.45) is 1.50. The molecule has 1 N–H and O–H groups in total. The van der Waals surface area contributed by atoms with Crippen LogP contribution in [0.25, 0.3) is 10.8 Å². The molecule has 0 radical (unpaired) electrons. The summed E-state index contributed by atoms with van der Waals surface area (Å²) >= 11 is 0. The van der Waals surface area contributed by atoms with Gasteiger partial charge in [0, 0.05) is 0 Å². The van der Waals surface area contributed by atoms with Crippen molar-refractivity contribution < 1.29 is 17.9 Å². The molecular weight excluding hydrogens is 534 g/mol. The number of anilines is 1. The maximum atomic E-state index is 13.4. The predicted molar refractivity (Wildman–Crippen MR) is 163 cm³/mol. The minimum atomic E-state index is -3.98. The normalized spacial score (nSPS) is 11.4. The maximum Gasteiger partial charge on any atom is 0.264 e. The number of carbonyl (C=O) groups is 1. The molecule has 5 aromatic rings. The number of hydrogen-bond donors (Lipinski definition) is 1. The number of benzene rings is 5. The Kier molecular flexibility index (Phi) is 8.41. The van der Waals surface area contributed by atoms with Crippen LogP contribution in [-0.4, -0.2) is 27.1 Å². The van der Waals surface area contributed by atoms with Crippen LogP contribution in [0.2, 0.25) is 0 Å². The largest absolute Gasteiger partial charge is 0.489 e. The average molecular weight is 564 g/mol. The van der Waals surface area contributed by atoms with Crippen LogP contribution in [0.15, 0.2) is 131 Å². The first kappa shape index (κ1) is 27.6. The van der Waals surface area contributed by atoms with Gasteiger partial charge >= 0.3 is 0 Å². The van der Waals surface area contributed by atoms with E-state index in [4.69, 9.17) is 4.74 Å². The number of aryl methyl sites for hydroxylation is 1. The van der Waals surface area contributed by atoms with Crippen molar-refractivity contribution in [3.8, 4) is 5.75 Å². The molecule has 0 aromatic heterocycles. The summed E-state index contributed by atoms with van der Waals surface area (Å²) < 4.78 is 33.9. The number of ether oxygens (including phenoxy) is 1. The molecule has 0 spiro atoms. The summed E-state index contributed by atoms with van der Waals surface area (Å²) in [5, 5.41) is 6.36. The monoisotopic (exact) mass is 563 g/mol. The lowest BCUT2D eigenvalue weighted by Crippen LogP contribution is -2.39. The molecule has 0 fully saturated rings. The van der Waals surface area contributed by atoms with Gasteiger partial charge in [-0.05, 0) is 82.9 Å². The zero-order valence-corrected chi connectivity index (χ0v) is 23.3. The second kappa shape index (κ2) is 12.5. The molecule has 0 aliphatic carbocycles. The van der Waals surface area contributed by atoms with E-state index in [0.29, 0.717) is 18.0 Å². The standard InChI is InChI=1S/C33H29N3O4S/c1-25-9-7-13-29(21-25)36(41(38,39)31-14-3-2-4-15-31)23-33(37)35-34-22-26-17-19-30(20-18-26)40-24-28-12-8-11-27-10-5-6-16-32(27)28/h2-22H,23-24H2,1H3,(H,35,37)/b34-22+. The molecule has 206 valence electrons. The van der Waals surface area contributed by atoms with Crippen LogP contribution < -0.4 is 14.5 Å². The number of nitrogens with zero attached hydrogens (tertiary/aromatic N) is 2.